The smallest absolute Gasteiger partial charge is 0.280 e. The van der Waals surface area contributed by atoms with Gasteiger partial charge in [0.05, 0.1) is 11.3 Å². The van der Waals surface area contributed by atoms with Crippen LogP contribution in [0.5, 0.6) is 0 Å². The number of H-pyrrole nitrogens is 1. The third-order valence-corrected chi connectivity index (χ3v) is 3.43. The molecule has 0 aliphatic carbocycles. The molecule has 0 saturated carbocycles. The largest absolute Gasteiger partial charge is 0.295 e. The molecule has 6 heteroatoms. The van der Waals surface area contributed by atoms with Gasteiger partial charge in [-0.25, -0.2) is 14.7 Å². The topological polar surface area (TPSA) is 63.0 Å². The van der Waals surface area contributed by atoms with Crippen LogP contribution in [0.25, 0.3) is 5.69 Å². The highest BCUT2D eigenvalue weighted by Crippen LogP contribution is 2.12. The number of hydrogen-bond donors (Lipinski definition) is 1. The first-order chi connectivity index (χ1) is 10.6. The van der Waals surface area contributed by atoms with Crippen molar-refractivity contribution in [2.45, 2.75) is 6.92 Å². The second-order valence-electron chi connectivity index (χ2n) is 4.71. The number of halogens is 1. The molecule has 2 aromatic heterocycles. The monoisotopic (exact) mass is 312 g/mol. The number of nitrogens with zero attached hydrogens (tertiary/aromatic N) is 3. The summed E-state index contributed by atoms with van der Waals surface area (Å²) in [5.74, 6) is 0.556. The molecule has 3 aromatic rings. The molecule has 0 aliphatic heterocycles. The Morgan fingerprint density at radius 1 is 1.23 bits per heavy atom. The highest BCUT2D eigenvalue weighted by atomic mass is 35.5. The summed E-state index contributed by atoms with van der Waals surface area (Å²) < 4.78 is 1.46. The Morgan fingerprint density at radius 3 is 2.68 bits per heavy atom. The van der Waals surface area contributed by atoms with Gasteiger partial charge in [-0.1, -0.05) is 17.7 Å². The Hall–Kier alpha value is -2.66. The molecule has 0 fully saturated rings. The summed E-state index contributed by atoms with van der Waals surface area (Å²) >= 11 is 5.87. The molecule has 0 radical (unpaired) electrons. The second-order valence-corrected chi connectivity index (χ2v) is 5.15. The Labute approximate surface area is 131 Å². The van der Waals surface area contributed by atoms with E-state index in [1.54, 1.807) is 36.5 Å². The maximum atomic E-state index is 12.5. The molecule has 3 rings (SSSR count). The van der Waals surface area contributed by atoms with Crippen LogP contribution in [0.4, 0.5) is 5.82 Å². The number of pyridine rings is 1. The normalized spacial score (nSPS) is 11.2. The first kappa shape index (κ1) is 14.3. The Morgan fingerprint density at radius 2 is 2.00 bits per heavy atom. The minimum atomic E-state index is -0.167. The van der Waals surface area contributed by atoms with Crippen LogP contribution in [-0.2, 0) is 0 Å². The molecular formula is C16H13ClN4O. The molecule has 0 atom stereocenters. The fourth-order valence-corrected chi connectivity index (χ4v) is 2.17. The predicted molar refractivity (Wildman–Crippen MR) is 87.6 cm³/mol. The van der Waals surface area contributed by atoms with Crippen molar-refractivity contribution >= 4 is 23.6 Å². The molecule has 0 aliphatic rings. The van der Waals surface area contributed by atoms with E-state index in [9.17, 15) is 4.79 Å². The van der Waals surface area contributed by atoms with Gasteiger partial charge in [-0.05, 0) is 43.3 Å². The van der Waals surface area contributed by atoms with Crippen LogP contribution in [0.3, 0.4) is 0 Å². The molecule has 0 saturated heterocycles. The summed E-state index contributed by atoms with van der Waals surface area (Å²) in [6.45, 7) is 1.83. The number of aliphatic imine (C=N–C) groups is 1. The second kappa shape index (κ2) is 5.99. The molecular weight excluding hydrogens is 300 g/mol. The zero-order valence-corrected chi connectivity index (χ0v) is 12.6. The van der Waals surface area contributed by atoms with Crippen LogP contribution in [0.1, 0.15) is 11.3 Å². The van der Waals surface area contributed by atoms with E-state index < -0.39 is 0 Å². The minimum absolute atomic E-state index is 0.167. The van der Waals surface area contributed by atoms with E-state index in [2.05, 4.69) is 15.1 Å². The maximum Gasteiger partial charge on any atom is 0.280 e. The Kier molecular flexibility index (Phi) is 3.89. The van der Waals surface area contributed by atoms with Gasteiger partial charge in [0.1, 0.15) is 0 Å². The molecule has 110 valence electrons. The van der Waals surface area contributed by atoms with Gasteiger partial charge in [0.25, 0.3) is 5.56 Å². The van der Waals surface area contributed by atoms with Crippen molar-refractivity contribution < 1.29 is 0 Å². The van der Waals surface area contributed by atoms with Gasteiger partial charge in [0, 0.05) is 23.1 Å². The lowest BCUT2D eigenvalue weighted by Crippen LogP contribution is -2.17. The molecule has 0 bridgehead atoms. The van der Waals surface area contributed by atoms with Crippen molar-refractivity contribution in [2.75, 3.05) is 0 Å². The van der Waals surface area contributed by atoms with Gasteiger partial charge in [-0.15, -0.1) is 0 Å². The quantitative estimate of drug-likeness (QED) is 0.754. The van der Waals surface area contributed by atoms with Crippen molar-refractivity contribution in [1.29, 1.82) is 0 Å². The average Bonchev–Trinajstić information content (AvgIpc) is 2.82. The van der Waals surface area contributed by atoms with Gasteiger partial charge < -0.3 is 0 Å². The molecule has 1 N–H and O–H groups in total. The van der Waals surface area contributed by atoms with Gasteiger partial charge in [-0.2, -0.15) is 0 Å². The average molecular weight is 313 g/mol. The van der Waals surface area contributed by atoms with Gasteiger partial charge >= 0.3 is 0 Å². The summed E-state index contributed by atoms with van der Waals surface area (Å²) in [4.78, 5) is 20.8. The number of benzene rings is 1. The predicted octanol–water partition coefficient (Wildman–Crippen LogP) is 3.27. The van der Waals surface area contributed by atoms with E-state index in [0.29, 0.717) is 16.4 Å². The van der Waals surface area contributed by atoms with Gasteiger partial charge in [-0.3, -0.25) is 9.89 Å². The summed E-state index contributed by atoms with van der Waals surface area (Å²) in [7, 11) is 0. The molecule has 0 unspecified atom stereocenters. The number of rotatable bonds is 3. The molecule has 0 spiro atoms. The summed E-state index contributed by atoms with van der Waals surface area (Å²) in [5, 5.41) is 3.66. The van der Waals surface area contributed by atoms with E-state index in [4.69, 9.17) is 11.6 Å². The first-order valence-electron chi connectivity index (χ1n) is 6.68. The summed E-state index contributed by atoms with van der Waals surface area (Å²) in [6, 6.07) is 12.5. The summed E-state index contributed by atoms with van der Waals surface area (Å²) in [5.41, 5.74) is 1.79. The van der Waals surface area contributed by atoms with Crippen molar-refractivity contribution in [1.82, 2.24) is 14.8 Å². The SMILES string of the molecule is Cc1[nH]n(-c2ccc(Cl)cc2)c(=O)c1/C=N/c1ccccn1. The minimum Gasteiger partial charge on any atom is -0.295 e. The van der Waals surface area contributed by atoms with Crippen molar-refractivity contribution in [3.8, 4) is 5.69 Å². The standard InChI is InChI=1S/C16H13ClN4O/c1-11-14(10-19-15-4-2-3-9-18-15)16(22)21(20-11)13-7-5-12(17)6-8-13/h2-10,20H,1H3/b19-10+. The van der Waals surface area contributed by atoms with E-state index in [-0.39, 0.29) is 5.56 Å². The van der Waals surface area contributed by atoms with Gasteiger partial charge in [0.2, 0.25) is 0 Å². The number of aromatic nitrogens is 3. The molecule has 22 heavy (non-hydrogen) atoms. The van der Waals surface area contributed by atoms with E-state index in [0.717, 1.165) is 11.4 Å². The van der Waals surface area contributed by atoms with Crippen LogP contribution >= 0.6 is 11.6 Å². The number of hydrogen-bond acceptors (Lipinski definition) is 3. The van der Waals surface area contributed by atoms with E-state index >= 15 is 0 Å². The third-order valence-electron chi connectivity index (χ3n) is 3.18. The zero-order chi connectivity index (χ0) is 15.5. The van der Waals surface area contributed by atoms with Gasteiger partial charge in [0.15, 0.2) is 5.82 Å². The summed E-state index contributed by atoms with van der Waals surface area (Å²) in [6.07, 6.45) is 3.19. The zero-order valence-electron chi connectivity index (χ0n) is 11.8. The number of aromatic amines is 1. The van der Waals surface area contributed by atoms with Crippen LogP contribution in [0, 0.1) is 6.92 Å². The van der Waals surface area contributed by atoms with E-state index in [1.165, 1.54) is 10.9 Å². The van der Waals surface area contributed by atoms with Crippen molar-refractivity contribution in [3.63, 3.8) is 0 Å². The van der Waals surface area contributed by atoms with Crippen LogP contribution < -0.4 is 5.56 Å². The van der Waals surface area contributed by atoms with Crippen molar-refractivity contribution in [2.24, 2.45) is 4.99 Å². The fraction of sp³-hybridized carbons (Fsp3) is 0.0625. The number of aryl methyl sites for hydroxylation is 1. The van der Waals surface area contributed by atoms with E-state index in [1.807, 2.05) is 19.1 Å². The molecule has 2 heterocycles. The highest BCUT2D eigenvalue weighted by molar-refractivity contribution is 6.30. The van der Waals surface area contributed by atoms with Crippen molar-refractivity contribution in [3.05, 3.63) is 75.3 Å². The molecule has 5 nitrogen and oxygen atoms in total. The number of nitrogens with one attached hydrogen (secondary N) is 1. The molecule has 1 aromatic carbocycles. The fourth-order valence-electron chi connectivity index (χ4n) is 2.04. The lowest BCUT2D eigenvalue weighted by atomic mass is 10.3. The maximum absolute atomic E-state index is 12.5. The van der Waals surface area contributed by atoms with Crippen LogP contribution in [0.15, 0.2) is 58.4 Å². The first-order valence-corrected chi connectivity index (χ1v) is 7.05. The van der Waals surface area contributed by atoms with Crippen LogP contribution in [0.2, 0.25) is 5.02 Å². The Bertz CT molecular complexity index is 863. The lowest BCUT2D eigenvalue weighted by Gasteiger charge is -2.00. The Balaban J connectivity index is 1.99. The highest BCUT2D eigenvalue weighted by Gasteiger charge is 2.10. The molecule has 0 amide bonds. The third kappa shape index (κ3) is 2.84. The van der Waals surface area contributed by atoms with Crippen LogP contribution in [-0.4, -0.2) is 21.0 Å². The lowest BCUT2D eigenvalue weighted by molar-refractivity contribution is 0.835.